The second-order valence-corrected chi connectivity index (χ2v) is 10.2. The fraction of sp³-hybridized carbons (Fsp3) is 0.650. The highest BCUT2D eigenvalue weighted by molar-refractivity contribution is 7.92. The minimum absolute atomic E-state index is 0.0742. The van der Waals surface area contributed by atoms with E-state index in [0.29, 0.717) is 45.8 Å². The molecule has 4 rings (SSSR count). The summed E-state index contributed by atoms with van der Waals surface area (Å²) < 4.78 is 30.7. The van der Waals surface area contributed by atoms with Gasteiger partial charge < -0.3 is 14.5 Å². The number of hydrogen-bond donors (Lipinski definition) is 0. The molecule has 0 radical (unpaired) electrons. The molecule has 3 saturated heterocycles. The van der Waals surface area contributed by atoms with Crippen LogP contribution in [0.15, 0.2) is 30.3 Å². The van der Waals surface area contributed by atoms with E-state index in [2.05, 4.69) is 17.0 Å². The van der Waals surface area contributed by atoms with Gasteiger partial charge >= 0.3 is 0 Å². The Balaban J connectivity index is 1.45. The molecule has 0 aliphatic carbocycles. The number of hydrogen-bond acceptors (Lipinski definition) is 5. The van der Waals surface area contributed by atoms with Crippen LogP contribution in [-0.4, -0.2) is 81.1 Å². The zero-order valence-electron chi connectivity index (χ0n) is 15.6. The van der Waals surface area contributed by atoms with Gasteiger partial charge in [-0.3, -0.25) is 4.79 Å². The fourth-order valence-corrected chi connectivity index (χ4v) is 6.87. The van der Waals surface area contributed by atoms with Gasteiger partial charge in [-0.15, -0.1) is 0 Å². The van der Waals surface area contributed by atoms with Gasteiger partial charge in [0.05, 0.1) is 24.2 Å². The number of likely N-dealkylation sites (tertiary alicyclic amines) is 1. The van der Waals surface area contributed by atoms with Crippen molar-refractivity contribution in [1.29, 1.82) is 0 Å². The number of rotatable bonds is 4. The van der Waals surface area contributed by atoms with Crippen LogP contribution in [0.5, 0.6) is 0 Å². The Morgan fingerprint density at radius 2 is 1.85 bits per heavy atom. The summed E-state index contributed by atoms with van der Waals surface area (Å²) in [5, 5.41) is -0.392. The Morgan fingerprint density at radius 3 is 2.59 bits per heavy atom. The average Bonchev–Trinajstić information content (AvgIpc) is 3.13. The van der Waals surface area contributed by atoms with Gasteiger partial charge in [0.2, 0.25) is 5.91 Å². The molecule has 7 heteroatoms. The lowest BCUT2D eigenvalue weighted by Crippen LogP contribution is -2.50. The first-order valence-electron chi connectivity index (χ1n) is 9.89. The summed E-state index contributed by atoms with van der Waals surface area (Å²) in [5.74, 6) is 0.0304. The van der Waals surface area contributed by atoms with Gasteiger partial charge in [-0.25, -0.2) is 8.42 Å². The third kappa shape index (κ3) is 4.05. The predicted molar refractivity (Wildman–Crippen MR) is 103 cm³/mol. The van der Waals surface area contributed by atoms with Crippen molar-refractivity contribution in [2.75, 3.05) is 51.7 Å². The van der Waals surface area contributed by atoms with Crippen LogP contribution >= 0.6 is 0 Å². The molecular weight excluding hydrogens is 364 g/mol. The topological polar surface area (TPSA) is 66.9 Å². The summed E-state index contributed by atoms with van der Waals surface area (Å²) in [5.41, 5.74) is 1.26. The second-order valence-electron chi connectivity index (χ2n) is 7.90. The second kappa shape index (κ2) is 7.89. The van der Waals surface area contributed by atoms with Crippen molar-refractivity contribution in [3.8, 4) is 0 Å². The monoisotopic (exact) mass is 392 g/mol. The van der Waals surface area contributed by atoms with Crippen LogP contribution in [0, 0.1) is 11.8 Å². The summed E-state index contributed by atoms with van der Waals surface area (Å²) in [7, 11) is -3.11. The van der Waals surface area contributed by atoms with E-state index < -0.39 is 15.1 Å². The molecule has 0 unspecified atom stereocenters. The Labute approximate surface area is 161 Å². The van der Waals surface area contributed by atoms with Crippen molar-refractivity contribution in [3.05, 3.63) is 35.9 Å². The maximum absolute atomic E-state index is 13.0. The Morgan fingerprint density at radius 1 is 1.11 bits per heavy atom. The molecule has 1 aromatic rings. The zero-order valence-corrected chi connectivity index (χ0v) is 16.4. The number of ether oxygens (including phenoxy) is 1. The maximum atomic E-state index is 13.0. The molecule has 1 amide bonds. The minimum atomic E-state index is -3.11. The highest BCUT2D eigenvalue weighted by Crippen LogP contribution is 2.38. The number of benzene rings is 1. The van der Waals surface area contributed by atoms with E-state index in [0.717, 1.165) is 13.0 Å². The predicted octanol–water partition coefficient (Wildman–Crippen LogP) is 0.823. The fourth-order valence-electron chi connectivity index (χ4n) is 4.74. The Hall–Kier alpha value is -1.44. The molecule has 0 aromatic heterocycles. The van der Waals surface area contributed by atoms with Gasteiger partial charge in [0.25, 0.3) is 0 Å². The number of fused-ring (bicyclic) bond motifs is 1. The summed E-state index contributed by atoms with van der Waals surface area (Å²) in [4.78, 5) is 17.2. The Bertz CT molecular complexity index is 761. The molecule has 27 heavy (non-hydrogen) atoms. The van der Waals surface area contributed by atoms with Gasteiger partial charge in [-0.2, -0.15) is 0 Å². The smallest absolute Gasteiger partial charge is 0.226 e. The average molecular weight is 393 g/mol. The summed E-state index contributed by atoms with van der Waals surface area (Å²) in [6, 6.07) is 10.3. The van der Waals surface area contributed by atoms with Crippen LogP contribution in [0.25, 0.3) is 0 Å². The van der Waals surface area contributed by atoms with Crippen molar-refractivity contribution in [1.82, 2.24) is 9.80 Å². The summed E-state index contributed by atoms with van der Waals surface area (Å²) >= 11 is 0. The van der Waals surface area contributed by atoms with Crippen LogP contribution in [0.4, 0.5) is 0 Å². The summed E-state index contributed by atoms with van der Waals surface area (Å²) in [6.45, 7) is 4.51. The highest BCUT2D eigenvalue weighted by Gasteiger charge is 2.50. The third-order valence-electron chi connectivity index (χ3n) is 6.28. The lowest BCUT2D eigenvalue weighted by Gasteiger charge is -2.36. The van der Waals surface area contributed by atoms with Crippen molar-refractivity contribution >= 4 is 15.7 Å². The van der Waals surface area contributed by atoms with E-state index in [1.807, 2.05) is 23.1 Å². The van der Waals surface area contributed by atoms with E-state index in [1.54, 1.807) is 0 Å². The molecular formula is C20H28N2O4S. The van der Waals surface area contributed by atoms with Crippen molar-refractivity contribution in [2.24, 2.45) is 11.8 Å². The minimum Gasteiger partial charge on any atom is -0.378 e. The first-order valence-corrected chi connectivity index (χ1v) is 11.6. The van der Waals surface area contributed by atoms with Gasteiger partial charge in [0, 0.05) is 44.6 Å². The number of amides is 1. The SMILES string of the molecule is O=C([C@@H]1CCS(=O)(=O)[C@@H]2CN(CCc3ccccc3)C[C@@H]21)N1CCOCC1. The lowest BCUT2D eigenvalue weighted by molar-refractivity contribution is -0.141. The van der Waals surface area contributed by atoms with Gasteiger partial charge in [-0.05, 0) is 18.4 Å². The van der Waals surface area contributed by atoms with Crippen molar-refractivity contribution in [2.45, 2.75) is 18.1 Å². The Kier molecular flexibility index (Phi) is 5.53. The normalized spacial score (nSPS) is 30.8. The third-order valence-corrected chi connectivity index (χ3v) is 8.50. The molecule has 0 bridgehead atoms. The van der Waals surface area contributed by atoms with E-state index in [4.69, 9.17) is 4.74 Å². The quantitative estimate of drug-likeness (QED) is 0.759. The van der Waals surface area contributed by atoms with E-state index in [9.17, 15) is 13.2 Å². The zero-order chi connectivity index (χ0) is 18.9. The molecule has 6 nitrogen and oxygen atoms in total. The lowest BCUT2D eigenvalue weighted by atomic mass is 9.87. The van der Waals surface area contributed by atoms with E-state index >= 15 is 0 Å². The molecule has 3 aliphatic heterocycles. The van der Waals surface area contributed by atoms with Crippen molar-refractivity contribution in [3.63, 3.8) is 0 Å². The maximum Gasteiger partial charge on any atom is 0.226 e. The molecule has 3 heterocycles. The molecule has 0 spiro atoms. The van der Waals surface area contributed by atoms with Gasteiger partial charge in [0.1, 0.15) is 0 Å². The number of morpholine rings is 1. The van der Waals surface area contributed by atoms with Crippen LogP contribution in [0.3, 0.4) is 0 Å². The first kappa shape index (κ1) is 18.9. The number of sulfone groups is 1. The summed E-state index contributed by atoms with van der Waals surface area (Å²) in [6.07, 6.45) is 1.37. The molecule has 148 valence electrons. The molecule has 1 aromatic carbocycles. The molecule has 0 N–H and O–H groups in total. The molecule has 3 aliphatic rings. The van der Waals surface area contributed by atoms with Gasteiger partial charge in [-0.1, -0.05) is 30.3 Å². The number of carbonyl (C=O) groups excluding carboxylic acids is 1. The van der Waals surface area contributed by atoms with Crippen LogP contribution < -0.4 is 0 Å². The number of carbonyl (C=O) groups is 1. The van der Waals surface area contributed by atoms with E-state index in [1.165, 1.54) is 5.56 Å². The van der Waals surface area contributed by atoms with E-state index in [-0.39, 0.29) is 23.5 Å². The molecule has 3 fully saturated rings. The van der Waals surface area contributed by atoms with Crippen molar-refractivity contribution < 1.29 is 17.9 Å². The molecule has 3 atom stereocenters. The van der Waals surface area contributed by atoms with Crippen LogP contribution in [-0.2, 0) is 25.8 Å². The van der Waals surface area contributed by atoms with Crippen LogP contribution in [0.2, 0.25) is 0 Å². The highest BCUT2D eigenvalue weighted by atomic mass is 32.2. The standard InChI is InChI=1S/C20H28N2O4S/c23-20(22-9-11-26-12-10-22)17-7-13-27(24,25)19-15-21(14-18(17)19)8-6-16-4-2-1-3-5-16/h1-5,17-19H,6-15H2/t17-,18-,19-/m1/s1. The first-order chi connectivity index (χ1) is 13.0. The largest absolute Gasteiger partial charge is 0.378 e. The molecule has 0 saturated carbocycles. The number of nitrogens with zero attached hydrogens (tertiary/aromatic N) is 2. The van der Waals surface area contributed by atoms with Gasteiger partial charge in [0.15, 0.2) is 9.84 Å². The van der Waals surface area contributed by atoms with Crippen LogP contribution in [0.1, 0.15) is 12.0 Å².